The van der Waals surface area contributed by atoms with Crippen molar-refractivity contribution in [3.05, 3.63) is 49.2 Å². The van der Waals surface area contributed by atoms with Crippen LogP contribution in [0, 0.1) is 0 Å². The zero-order chi connectivity index (χ0) is 14.7. The molecule has 0 aliphatic rings. The Bertz CT molecular complexity index is 660. The number of phenols is 1. The van der Waals surface area contributed by atoms with Crippen LogP contribution in [0.2, 0.25) is 0 Å². The molecule has 4 nitrogen and oxygen atoms in total. The van der Waals surface area contributed by atoms with Crippen molar-refractivity contribution in [2.24, 2.45) is 4.99 Å². The van der Waals surface area contributed by atoms with Crippen molar-refractivity contribution >= 4 is 59.8 Å². The second kappa shape index (κ2) is 6.69. The number of hydrogen-bond donors (Lipinski definition) is 1. The van der Waals surface area contributed by atoms with E-state index in [1.54, 1.807) is 24.3 Å². The Morgan fingerprint density at radius 3 is 2.65 bits per heavy atom. The highest BCUT2D eigenvalue weighted by atomic mass is 79.9. The first kappa shape index (κ1) is 15.5. The summed E-state index contributed by atoms with van der Waals surface area (Å²) in [6, 6.07) is 6.63. The van der Waals surface area contributed by atoms with E-state index in [9.17, 15) is 9.90 Å². The Labute approximate surface area is 140 Å². The molecular weight excluding hydrogens is 458 g/mol. The van der Waals surface area contributed by atoms with E-state index in [0.717, 1.165) is 4.47 Å². The topological polar surface area (TPSA) is 62.8 Å². The first-order valence-electron chi connectivity index (χ1n) is 5.43. The fourth-order valence-corrected chi connectivity index (χ4v) is 2.34. The summed E-state index contributed by atoms with van der Waals surface area (Å²) < 4.78 is 7.13. The van der Waals surface area contributed by atoms with Crippen molar-refractivity contribution in [2.75, 3.05) is 6.54 Å². The van der Waals surface area contributed by atoms with E-state index in [-0.39, 0.29) is 23.8 Å². The Kier molecular flexibility index (Phi) is 5.17. The fraction of sp³-hybridized carbons (Fsp3) is 0.0769. The highest BCUT2D eigenvalue weighted by molar-refractivity contribution is 9.13. The summed E-state index contributed by atoms with van der Waals surface area (Å²) in [6.45, 7) is -0.0537. The van der Waals surface area contributed by atoms with Gasteiger partial charge in [0.05, 0.1) is 4.47 Å². The van der Waals surface area contributed by atoms with Crippen molar-refractivity contribution in [3.8, 4) is 5.75 Å². The van der Waals surface area contributed by atoms with Crippen LogP contribution in [-0.2, 0) is 0 Å². The molecule has 0 saturated carbocycles. The lowest BCUT2D eigenvalue weighted by Gasteiger charge is -1.98. The van der Waals surface area contributed by atoms with E-state index in [4.69, 9.17) is 4.42 Å². The monoisotopic (exact) mass is 463 g/mol. The van der Waals surface area contributed by atoms with Crippen molar-refractivity contribution < 1.29 is 14.3 Å². The Hall–Kier alpha value is -0.920. The molecule has 104 valence electrons. The number of carbonyl (C=O) groups is 1. The molecule has 1 aromatic carbocycles. The number of aliphatic imine (C=N–C) groups is 1. The van der Waals surface area contributed by atoms with Crippen LogP contribution >= 0.6 is 47.8 Å². The zero-order valence-electron chi connectivity index (χ0n) is 9.94. The molecule has 1 heterocycles. The molecule has 20 heavy (non-hydrogen) atoms. The third kappa shape index (κ3) is 3.80. The van der Waals surface area contributed by atoms with Crippen molar-refractivity contribution in [1.29, 1.82) is 0 Å². The van der Waals surface area contributed by atoms with Crippen LogP contribution in [0.15, 0.2) is 47.3 Å². The zero-order valence-corrected chi connectivity index (χ0v) is 14.7. The summed E-state index contributed by atoms with van der Waals surface area (Å²) in [7, 11) is 0. The minimum atomic E-state index is -0.246. The number of nitrogens with zero attached hydrogens (tertiary/aromatic N) is 1. The number of Topliss-reactive ketones (excluding diaryl/α,β-unsaturated/α-hetero) is 1. The Balaban J connectivity index is 2.04. The van der Waals surface area contributed by atoms with Crippen molar-refractivity contribution in [3.63, 3.8) is 0 Å². The van der Waals surface area contributed by atoms with E-state index < -0.39 is 0 Å². The van der Waals surface area contributed by atoms with E-state index in [1.807, 2.05) is 0 Å². The Morgan fingerprint density at radius 1 is 1.30 bits per heavy atom. The number of phenolic OH excluding ortho intramolecular Hbond substituents is 1. The molecule has 0 saturated heterocycles. The van der Waals surface area contributed by atoms with Gasteiger partial charge in [-0.05, 0) is 50.1 Å². The van der Waals surface area contributed by atoms with Gasteiger partial charge < -0.3 is 9.52 Å². The van der Waals surface area contributed by atoms with Crippen LogP contribution in [0.1, 0.15) is 16.1 Å². The first-order chi connectivity index (χ1) is 9.47. The van der Waals surface area contributed by atoms with Gasteiger partial charge in [-0.25, -0.2) is 0 Å². The smallest absolute Gasteiger partial charge is 0.219 e. The van der Waals surface area contributed by atoms with Crippen molar-refractivity contribution in [2.45, 2.75) is 0 Å². The predicted molar refractivity (Wildman–Crippen MR) is 86.7 cm³/mol. The van der Waals surface area contributed by atoms with Gasteiger partial charge in [0, 0.05) is 22.3 Å². The number of rotatable bonds is 4. The third-order valence-electron chi connectivity index (χ3n) is 2.38. The Morgan fingerprint density at radius 2 is 2.05 bits per heavy atom. The minimum absolute atomic E-state index is 0.0537. The van der Waals surface area contributed by atoms with Gasteiger partial charge in [0.25, 0.3) is 0 Å². The van der Waals surface area contributed by atoms with Gasteiger partial charge in [-0.3, -0.25) is 9.79 Å². The molecule has 0 amide bonds. The molecule has 0 radical (unpaired) electrons. The average molecular weight is 466 g/mol. The first-order valence-corrected chi connectivity index (χ1v) is 7.81. The number of ketones is 1. The number of furan rings is 1. The van der Waals surface area contributed by atoms with Crippen LogP contribution in [0.25, 0.3) is 0 Å². The molecule has 1 N–H and O–H groups in total. The van der Waals surface area contributed by atoms with Gasteiger partial charge in [-0.2, -0.15) is 0 Å². The van der Waals surface area contributed by atoms with Crippen LogP contribution in [-0.4, -0.2) is 23.6 Å². The molecule has 2 rings (SSSR count). The van der Waals surface area contributed by atoms with Crippen LogP contribution < -0.4 is 0 Å². The molecule has 1 aromatic heterocycles. The molecule has 0 bridgehead atoms. The molecule has 0 aliphatic heterocycles. The molecular formula is C13H8Br3NO3. The number of aromatic hydroxyl groups is 1. The van der Waals surface area contributed by atoms with E-state index in [0.29, 0.717) is 14.7 Å². The number of halogens is 3. The van der Waals surface area contributed by atoms with Gasteiger partial charge >= 0.3 is 0 Å². The summed E-state index contributed by atoms with van der Waals surface area (Å²) >= 11 is 9.65. The van der Waals surface area contributed by atoms with E-state index >= 15 is 0 Å². The average Bonchev–Trinajstić information content (AvgIpc) is 2.72. The van der Waals surface area contributed by atoms with Crippen LogP contribution in [0.3, 0.4) is 0 Å². The fourth-order valence-electron chi connectivity index (χ4n) is 1.41. The largest absolute Gasteiger partial charge is 0.507 e. The van der Waals surface area contributed by atoms with Crippen molar-refractivity contribution in [1.82, 2.24) is 0 Å². The lowest BCUT2D eigenvalue weighted by molar-refractivity contribution is 0.0974. The second-order valence-corrected chi connectivity index (χ2v) is 6.32. The number of carbonyl (C=O) groups excluding carboxylic acids is 1. The van der Waals surface area contributed by atoms with Gasteiger partial charge in [-0.15, -0.1) is 0 Å². The summed E-state index contributed by atoms with van der Waals surface area (Å²) in [5, 5.41) is 9.68. The maximum Gasteiger partial charge on any atom is 0.219 e. The summed E-state index contributed by atoms with van der Waals surface area (Å²) in [4.78, 5) is 15.8. The maximum atomic E-state index is 11.8. The highest BCUT2D eigenvalue weighted by Gasteiger charge is 2.13. The van der Waals surface area contributed by atoms with Crippen LogP contribution in [0.4, 0.5) is 0 Å². The van der Waals surface area contributed by atoms with Crippen LogP contribution in [0.5, 0.6) is 5.75 Å². The molecule has 7 heteroatoms. The number of hydrogen-bond acceptors (Lipinski definition) is 4. The molecule has 0 unspecified atom stereocenters. The predicted octanol–water partition coefficient (Wildman–Crippen LogP) is 4.57. The normalized spacial score (nSPS) is 11.2. The summed E-state index contributed by atoms with van der Waals surface area (Å²) in [5.74, 6) is 0.0734. The maximum absolute atomic E-state index is 11.8. The summed E-state index contributed by atoms with van der Waals surface area (Å²) in [5.41, 5.74) is 0.544. The van der Waals surface area contributed by atoms with Gasteiger partial charge in [0.2, 0.25) is 5.78 Å². The van der Waals surface area contributed by atoms with E-state index in [1.165, 1.54) is 6.21 Å². The highest BCUT2D eigenvalue weighted by Crippen LogP contribution is 2.27. The third-order valence-corrected chi connectivity index (χ3v) is 4.58. The SMILES string of the molecule is O=C(CN=Cc1ccc(Br)cc1O)c1cc(Br)c(Br)o1. The minimum Gasteiger partial charge on any atom is -0.507 e. The van der Waals surface area contributed by atoms with Gasteiger partial charge in [0.15, 0.2) is 10.4 Å². The second-order valence-electron chi connectivity index (χ2n) is 3.83. The summed E-state index contributed by atoms with van der Waals surface area (Å²) in [6.07, 6.45) is 1.45. The molecule has 0 atom stereocenters. The standard InChI is InChI=1S/C13H8Br3NO3/c14-8-2-1-7(10(18)3-8)5-17-6-11(19)12-4-9(15)13(16)20-12/h1-5,18H,6H2. The van der Waals surface area contributed by atoms with Gasteiger partial charge in [-0.1, -0.05) is 15.9 Å². The van der Waals surface area contributed by atoms with Gasteiger partial charge in [0.1, 0.15) is 12.3 Å². The lowest BCUT2D eigenvalue weighted by atomic mass is 10.2. The molecule has 0 aliphatic carbocycles. The van der Waals surface area contributed by atoms with E-state index in [2.05, 4.69) is 52.8 Å². The molecule has 0 spiro atoms. The molecule has 2 aromatic rings. The lowest BCUT2D eigenvalue weighted by Crippen LogP contribution is -2.02. The quantitative estimate of drug-likeness (QED) is 0.531. The molecule has 0 fully saturated rings. The number of benzene rings is 1.